The van der Waals surface area contributed by atoms with E-state index in [0.29, 0.717) is 10.7 Å². The molecular weight excluding hydrogens is 388 g/mol. The van der Waals surface area contributed by atoms with Crippen LogP contribution in [-0.4, -0.2) is 31.2 Å². The quantitative estimate of drug-likeness (QED) is 0.474. The van der Waals surface area contributed by atoms with Crippen molar-refractivity contribution in [2.75, 3.05) is 0 Å². The van der Waals surface area contributed by atoms with Crippen LogP contribution in [0.1, 0.15) is 22.8 Å². The number of halogens is 1. The number of hydrogen-bond donors (Lipinski definition) is 0. The zero-order valence-electron chi connectivity index (χ0n) is 13.2. The van der Waals surface area contributed by atoms with Crippen molar-refractivity contribution < 1.29 is 4.79 Å². The van der Waals surface area contributed by atoms with E-state index < -0.39 is 0 Å². The molecule has 3 aromatic rings. The third kappa shape index (κ3) is 3.57. The summed E-state index contributed by atoms with van der Waals surface area (Å²) in [6, 6.07) is 15.2. The SMILES string of the molecule is Cc1ccccc1-n1nnnc1S[C@@H](C)C(=O)c1ccc(Br)cc1. The van der Waals surface area contributed by atoms with Crippen molar-refractivity contribution in [3.63, 3.8) is 0 Å². The lowest BCUT2D eigenvalue weighted by Gasteiger charge is -2.11. The summed E-state index contributed by atoms with van der Waals surface area (Å²) in [5, 5.41) is 12.2. The van der Waals surface area contributed by atoms with Gasteiger partial charge in [-0.2, -0.15) is 4.68 Å². The molecule has 7 heteroatoms. The summed E-state index contributed by atoms with van der Waals surface area (Å²) in [4.78, 5) is 12.6. The lowest BCUT2D eigenvalue weighted by molar-refractivity contribution is 0.0994. The molecule has 1 aromatic heterocycles. The van der Waals surface area contributed by atoms with Gasteiger partial charge in [-0.25, -0.2) is 0 Å². The van der Waals surface area contributed by atoms with Gasteiger partial charge in [-0.15, -0.1) is 5.10 Å². The predicted octanol–water partition coefficient (Wildman–Crippen LogP) is 4.10. The van der Waals surface area contributed by atoms with Gasteiger partial charge in [0.05, 0.1) is 10.9 Å². The molecule has 5 nitrogen and oxygen atoms in total. The number of hydrogen-bond acceptors (Lipinski definition) is 5. The summed E-state index contributed by atoms with van der Waals surface area (Å²) in [7, 11) is 0. The number of aromatic nitrogens is 4. The van der Waals surface area contributed by atoms with Crippen molar-refractivity contribution in [2.24, 2.45) is 0 Å². The molecule has 122 valence electrons. The first kappa shape index (κ1) is 16.9. The van der Waals surface area contributed by atoms with Crippen LogP contribution in [0.2, 0.25) is 0 Å². The number of rotatable bonds is 5. The van der Waals surface area contributed by atoms with Crippen LogP contribution in [0.25, 0.3) is 5.69 Å². The minimum Gasteiger partial charge on any atom is -0.293 e. The molecule has 24 heavy (non-hydrogen) atoms. The van der Waals surface area contributed by atoms with Crippen LogP contribution in [0.4, 0.5) is 0 Å². The Kier molecular flexibility index (Phi) is 5.11. The molecule has 0 aliphatic rings. The highest BCUT2D eigenvalue weighted by Crippen LogP contribution is 2.26. The molecule has 0 amide bonds. The largest absolute Gasteiger partial charge is 0.293 e. The molecule has 3 rings (SSSR count). The topological polar surface area (TPSA) is 60.7 Å². The maximum atomic E-state index is 12.6. The number of Topliss-reactive ketones (excluding diaryl/α,β-unsaturated/α-hetero) is 1. The van der Waals surface area contributed by atoms with Crippen molar-refractivity contribution in [3.8, 4) is 5.69 Å². The van der Waals surface area contributed by atoms with Crippen LogP contribution in [0, 0.1) is 6.92 Å². The number of tetrazole rings is 1. The number of ketones is 1. The number of carbonyl (C=O) groups excluding carboxylic acids is 1. The van der Waals surface area contributed by atoms with Crippen LogP contribution in [0.5, 0.6) is 0 Å². The van der Waals surface area contributed by atoms with Crippen molar-refractivity contribution in [2.45, 2.75) is 24.3 Å². The van der Waals surface area contributed by atoms with E-state index in [9.17, 15) is 4.79 Å². The van der Waals surface area contributed by atoms with Crippen LogP contribution in [0.3, 0.4) is 0 Å². The van der Waals surface area contributed by atoms with E-state index in [4.69, 9.17) is 0 Å². The van der Waals surface area contributed by atoms with Gasteiger partial charge < -0.3 is 0 Å². The van der Waals surface area contributed by atoms with Crippen LogP contribution in [0.15, 0.2) is 58.2 Å². The number of nitrogens with zero attached hydrogens (tertiary/aromatic N) is 4. The Morgan fingerprint density at radius 3 is 2.58 bits per heavy atom. The van der Waals surface area contributed by atoms with Crippen LogP contribution >= 0.6 is 27.7 Å². The number of thioether (sulfide) groups is 1. The Bertz CT molecular complexity index is 863. The molecule has 1 heterocycles. The first-order valence-electron chi connectivity index (χ1n) is 7.37. The number of para-hydroxylation sites is 1. The summed E-state index contributed by atoms with van der Waals surface area (Å²) in [6.07, 6.45) is 0. The third-order valence-corrected chi connectivity index (χ3v) is 5.13. The molecule has 0 N–H and O–H groups in total. The highest BCUT2D eigenvalue weighted by Gasteiger charge is 2.20. The van der Waals surface area contributed by atoms with Crippen LogP contribution < -0.4 is 0 Å². The van der Waals surface area contributed by atoms with Gasteiger partial charge in [0.25, 0.3) is 0 Å². The molecule has 0 saturated carbocycles. The Hall–Kier alpha value is -1.99. The molecule has 0 aliphatic heterocycles. The van der Waals surface area contributed by atoms with Crippen molar-refractivity contribution in [3.05, 3.63) is 64.1 Å². The fourth-order valence-corrected chi connectivity index (χ4v) is 3.41. The van der Waals surface area contributed by atoms with Gasteiger partial charge in [-0.3, -0.25) is 4.79 Å². The molecule has 0 fully saturated rings. The zero-order valence-corrected chi connectivity index (χ0v) is 15.6. The van der Waals surface area contributed by atoms with E-state index in [1.807, 2.05) is 62.4 Å². The van der Waals surface area contributed by atoms with Gasteiger partial charge in [0.1, 0.15) is 0 Å². The minimum atomic E-state index is -0.292. The van der Waals surface area contributed by atoms with E-state index in [1.165, 1.54) is 11.8 Å². The molecule has 0 radical (unpaired) electrons. The van der Waals surface area contributed by atoms with E-state index in [0.717, 1.165) is 15.7 Å². The number of benzene rings is 2. The molecule has 1 atom stereocenters. The van der Waals surface area contributed by atoms with E-state index >= 15 is 0 Å². The maximum absolute atomic E-state index is 12.6. The Balaban J connectivity index is 1.82. The Morgan fingerprint density at radius 2 is 1.88 bits per heavy atom. The average molecular weight is 403 g/mol. The molecule has 0 aliphatic carbocycles. The van der Waals surface area contributed by atoms with Gasteiger partial charge >= 0.3 is 0 Å². The monoisotopic (exact) mass is 402 g/mol. The molecule has 0 spiro atoms. The molecular formula is C17H15BrN4OS. The van der Waals surface area contributed by atoms with Gasteiger partial charge in [-0.1, -0.05) is 58.0 Å². The average Bonchev–Trinajstić information content (AvgIpc) is 3.03. The number of carbonyl (C=O) groups is 1. The first-order valence-corrected chi connectivity index (χ1v) is 9.04. The molecule has 0 bridgehead atoms. The van der Waals surface area contributed by atoms with E-state index in [2.05, 4.69) is 31.5 Å². The molecule has 0 unspecified atom stereocenters. The standard InChI is InChI=1S/C17H15BrN4OS/c1-11-5-3-4-6-15(11)22-17(19-20-21-22)24-12(2)16(23)13-7-9-14(18)10-8-13/h3-10,12H,1-2H3/t12-/m0/s1. The fourth-order valence-electron chi connectivity index (χ4n) is 2.27. The van der Waals surface area contributed by atoms with Crippen molar-refractivity contribution in [1.82, 2.24) is 20.2 Å². The highest BCUT2D eigenvalue weighted by atomic mass is 79.9. The minimum absolute atomic E-state index is 0.0480. The maximum Gasteiger partial charge on any atom is 0.214 e. The lowest BCUT2D eigenvalue weighted by atomic mass is 10.1. The second kappa shape index (κ2) is 7.27. The van der Waals surface area contributed by atoms with E-state index in [1.54, 1.807) is 4.68 Å². The van der Waals surface area contributed by atoms with Gasteiger partial charge in [0, 0.05) is 10.0 Å². The van der Waals surface area contributed by atoms with E-state index in [-0.39, 0.29) is 11.0 Å². The Labute approximate surface area is 152 Å². The predicted molar refractivity (Wildman–Crippen MR) is 97.7 cm³/mol. The van der Waals surface area contributed by atoms with Crippen LogP contribution in [-0.2, 0) is 0 Å². The summed E-state index contributed by atoms with van der Waals surface area (Å²) in [6.45, 7) is 3.87. The molecule has 0 saturated heterocycles. The Morgan fingerprint density at radius 1 is 1.17 bits per heavy atom. The van der Waals surface area contributed by atoms with Crippen molar-refractivity contribution >= 4 is 33.5 Å². The fraction of sp³-hybridized carbons (Fsp3) is 0.176. The lowest BCUT2D eigenvalue weighted by Crippen LogP contribution is -2.14. The second-order valence-corrected chi connectivity index (χ2v) is 7.51. The van der Waals surface area contributed by atoms with Crippen molar-refractivity contribution in [1.29, 1.82) is 0 Å². The summed E-state index contributed by atoms with van der Waals surface area (Å²) < 4.78 is 2.62. The number of aryl methyl sites for hydroxylation is 1. The third-order valence-electron chi connectivity index (χ3n) is 3.56. The van der Waals surface area contributed by atoms with Gasteiger partial charge in [-0.05, 0) is 48.0 Å². The van der Waals surface area contributed by atoms with Gasteiger partial charge in [0.15, 0.2) is 5.78 Å². The first-order chi connectivity index (χ1) is 11.6. The second-order valence-electron chi connectivity index (χ2n) is 5.29. The van der Waals surface area contributed by atoms with Gasteiger partial charge in [0.2, 0.25) is 5.16 Å². The summed E-state index contributed by atoms with van der Waals surface area (Å²) in [5.74, 6) is 0.0480. The highest BCUT2D eigenvalue weighted by molar-refractivity contribution is 9.10. The zero-order chi connectivity index (χ0) is 17.1. The summed E-state index contributed by atoms with van der Waals surface area (Å²) >= 11 is 4.73. The normalized spacial score (nSPS) is 12.1. The molecule has 2 aromatic carbocycles. The smallest absolute Gasteiger partial charge is 0.214 e. The summed E-state index contributed by atoms with van der Waals surface area (Å²) in [5.41, 5.74) is 2.65.